The molecule has 0 aromatic heterocycles. The average molecular weight is 341 g/mol. The number of benzene rings is 1. The summed E-state index contributed by atoms with van der Waals surface area (Å²) in [4.78, 5) is 10.8. The minimum Gasteiger partial charge on any atom is -0.309 e. The second kappa shape index (κ2) is 6.68. The van der Waals surface area contributed by atoms with Crippen LogP contribution in [0.2, 0.25) is 0 Å². The number of halogens is 1. The summed E-state index contributed by atoms with van der Waals surface area (Å²) in [6.07, 6.45) is 3.69. The molecule has 20 heavy (non-hydrogen) atoms. The van der Waals surface area contributed by atoms with E-state index in [9.17, 15) is 10.1 Å². The highest BCUT2D eigenvalue weighted by atomic mass is 79.9. The van der Waals surface area contributed by atoms with Gasteiger partial charge >= 0.3 is 0 Å². The van der Waals surface area contributed by atoms with Crippen molar-refractivity contribution >= 4 is 21.6 Å². The first-order valence-corrected chi connectivity index (χ1v) is 7.94. The third kappa shape index (κ3) is 3.58. The molecule has 1 N–H and O–H groups in total. The topological polar surface area (TPSA) is 55.2 Å². The van der Waals surface area contributed by atoms with Gasteiger partial charge in [0.1, 0.15) is 0 Å². The van der Waals surface area contributed by atoms with Gasteiger partial charge in [-0.05, 0) is 30.4 Å². The lowest BCUT2D eigenvalue weighted by Crippen LogP contribution is -2.40. The lowest BCUT2D eigenvalue weighted by Gasteiger charge is -2.34. The van der Waals surface area contributed by atoms with Gasteiger partial charge in [0.15, 0.2) is 0 Å². The standard InChI is InChI=1S/C15H21BrN2O2/c1-10-4-3-5-14(11(10)2)17-9-12-8-13(16)6-7-15(12)18(19)20/h6-8,10-11,14,17H,3-5,9H2,1-2H3. The zero-order valence-corrected chi connectivity index (χ0v) is 13.5. The summed E-state index contributed by atoms with van der Waals surface area (Å²) in [5.41, 5.74) is 0.937. The van der Waals surface area contributed by atoms with Crippen molar-refractivity contribution in [2.45, 2.75) is 45.7 Å². The molecular weight excluding hydrogens is 320 g/mol. The van der Waals surface area contributed by atoms with E-state index < -0.39 is 0 Å². The summed E-state index contributed by atoms with van der Waals surface area (Å²) in [5.74, 6) is 1.34. The monoisotopic (exact) mass is 340 g/mol. The van der Waals surface area contributed by atoms with E-state index in [1.807, 2.05) is 6.07 Å². The Bertz CT molecular complexity index is 493. The van der Waals surface area contributed by atoms with Crippen molar-refractivity contribution in [3.8, 4) is 0 Å². The highest BCUT2D eigenvalue weighted by molar-refractivity contribution is 9.10. The normalized spacial score (nSPS) is 26.4. The molecule has 0 aliphatic heterocycles. The predicted octanol–water partition coefficient (Wildman–Crippen LogP) is 4.27. The van der Waals surface area contributed by atoms with E-state index in [1.165, 1.54) is 12.8 Å². The molecular formula is C15H21BrN2O2. The molecule has 1 aliphatic rings. The van der Waals surface area contributed by atoms with E-state index in [2.05, 4.69) is 35.1 Å². The maximum absolute atomic E-state index is 11.1. The maximum Gasteiger partial charge on any atom is 0.273 e. The van der Waals surface area contributed by atoms with Crippen LogP contribution in [-0.2, 0) is 6.54 Å². The fraction of sp³-hybridized carbons (Fsp3) is 0.600. The van der Waals surface area contributed by atoms with Crippen LogP contribution in [0.3, 0.4) is 0 Å². The summed E-state index contributed by atoms with van der Waals surface area (Å²) in [7, 11) is 0. The van der Waals surface area contributed by atoms with Crippen molar-refractivity contribution in [1.82, 2.24) is 5.32 Å². The minimum absolute atomic E-state index is 0.192. The predicted molar refractivity (Wildman–Crippen MR) is 83.6 cm³/mol. The lowest BCUT2D eigenvalue weighted by atomic mass is 9.78. The molecule has 0 heterocycles. The van der Waals surface area contributed by atoms with Crippen LogP contribution in [0.1, 0.15) is 38.7 Å². The van der Waals surface area contributed by atoms with E-state index in [4.69, 9.17) is 0 Å². The van der Waals surface area contributed by atoms with Crippen LogP contribution in [0.5, 0.6) is 0 Å². The van der Waals surface area contributed by atoms with E-state index in [1.54, 1.807) is 12.1 Å². The van der Waals surface area contributed by atoms with Gasteiger partial charge in [-0.15, -0.1) is 0 Å². The second-order valence-electron chi connectivity index (χ2n) is 5.78. The number of nitrogens with one attached hydrogen (secondary N) is 1. The molecule has 1 aromatic carbocycles. The zero-order chi connectivity index (χ0) is 14.7. The van der Waals surface area contributed by atoms with Gasteiger partial charge < -0.3 is 5.32 Å². The fourth-order valence-electron chi connectivity index (χ4n) is 2.98. The van der Waals surface area contributed by atoms with Crippen molar-refractivity contribution < 1.29 is 4.92 Å². The third-order valence-corrected chi connectivity index (χ3v) is 4.99. The molecule has 3 unspecified atom stereocenters. The molecule has 4 nitrogen and oxygen atoms in total. The van der Waals surface area contributed by atoms with Gasteiger partial charge in [0, 0.05) is 28.7 Å². The van der Waals surface area contributed by atoms with Gasteiger partial charge in [-0.3, -0.25) is 10.1 Å². The Balaban J connectivity index is 2.06. The van der Waals surface area contributed by atoms with Gasteiger partial charge in [-0.25, -0.2) is 0 Å². The number of nitro groups is 1. The molecule has 1 aromatic rings. The molecule has 0 spiro atoms. The van der Waals surface area contributed by atoms with Gasteiger partial charge in [0.2, 0.25) is 0 Å². The van der Waals surface area contributed by atoms with E-state index >= 15 is 0 Å². The molecule has 0 saturated heterocycles. The first-order valence-electron chi connectivity index (χ1n) is 7.15. The van der Waals surface area contributed by atoms with Gasteiger partial charge in [-0.2, -0.15) is 0 Å². The molecule has 110 valence electrons. The molecule has 0 amide bonds. The minimum atomic E-state index is -0.309. The zero-order valence-electron chi connectivity index (χ0n) is 11.9. The molecule has 1 saturated carbocycles. The molecule has 1 fully saturated rings. The summed E-state index contributed by atoms with van der Waals surface area (Å²) in [5, 5.41) is 14.6. The summed E-state index contributed by atoms with van der Waals surface area (Å²) in [6, 6.07) is 5.57. The molecule has 5 heteroatoms. The van der Waals surface area contributed by atoms with Crippen LogP contribution in [-0.4, -0.2) is 11.0 Å². The van der Waals surface area contributed by atoms with Crippen molar-refractivity contribution in [1.29, 1.82) is 0 Å². The largest absolute Gasteiger partial charge is 0.309 e. The third-order valence-electron chi connectivity index (χ3n) is 4.50. The van der Waals surface area contributed by atoms with Crippen LogP contribution in [0.4, 0.5) is 5.69 Å². The van der Waals surface area contributed by atoms with E-state index in [-0.39, 0.29) is 10.6 Å². The van der Waals surface area contributed by atoms with Crippen molar-refractivity contribution in [3.05, 3.63) is 38.3 Å². The Morgan fingerprint density at radius 3 is 2.85 bits per heavy atom. The maximum atomic E-state index is 11.1. The Hall–Kier alpha value is -0.940. The van der Waals surface area contributed by atoms with E-state index in [0.717, 1.165) is 22.4 Å². The summed E-state index contributed by atoms with van der Waals surface area (Å²) >= 11 is 3.38. The van der Waals surface area contributed by atoms with Gasteiger partial charge in [-0.1, -0.05) is 42.6 Å². The van der Waals surface area contributed by atoms with Crippen LogP contribution < -0.4 is 5.32 Å². The Morgan fingerprint density at radius 1 is 1.40 bits per heavy atom. The molecule has 0 radical (unpaired) electrons. The molecule has 2 rings (SSSR count). The fourth-order valence-corrected chi connectivity index (χ4v) is 3.39. The number of nitro benzene ring substituents is 1. The quantitative estimate of drug-likeness (QED) is 0.657. The summed E-state index contributed by atoms with van der Waals surface area (Å²) in [6.45, 7) is 5.12. The summed E-state index contributed by atoms with van der Waals surface area (Å²) < 4.78 is 0.880. The van der Waals surface area contributed by atoms with Crippen molar-refractivity contribution in [3.63, 3.8) is 0 Å². The van der Waals surface area contributed by atoms with Gasteiger partial charge in [0.25, 0.3) is 5.69 Å². The lowest BCUT2D eigenvalue weighted by molar-refractivity contribution is -0.385. The van der Waals surface area contributed by atoms with Crippen molar-refractivity contribution in [2.75, 3.05) is 0 Å². The highest BCUT2D eigenvalue weighted by Crippen LogP contribution is 2.30. The average Bonchev–Trinajstić information content (AvgIpc) is 2.40. The van der Waals surface area contributed by atoms with Crippen LogP contribution in [0.25, 0.3) is 0 Å². The van der Waals surface area contributed by atoms with E-state index in [0.29, 0.717) is 18.5 Å². The Kier molecular flexibility index (Phi) is 5.16. The number of hydrogen-bond acceptors (Lipinski definition) is 3. The Labute approximate surface area is 128 Å². The highest BCUT2D eigenvalue weighted by Gasteiger charge is 2.27. The molecule has 3 atom stereocenters. The van der Waals surface area contributed by atoms with Crippen LogP contribution >= 0.6 is 15.9 Å². The SMILES string of the molecule is CC1CCCC(NCc2cc(Br)ccc2[N+](=O)[O-])C1C. The smallest absolute Gasteiger partial charge is 0.273 e. The van der Waals surface area contributed by atoms with Crippen LogP contribution in [0, 0.1) is 22.0 Å². The molecule has 0 bridgehead atoms. The van der Waals surface area contributed by atoms with Crippen LogP contribution in [0.15, 0.2) is 22.7 Å². The number of hydrogen-bond donors (Lipinski definition) is 1. The molecule has 1 aliphatic carbocycles. The van der Waals surface area contributed by atoms with Crippen molar-refractivity contribution in [2.24, 2.45) is 11.8 Å². The Morgan fingerprint density at radius 2 is 2.15 bits per heavy atom. The second-order valence-corrected chi connectivity index (χ2v) is 6.70. The first-order chi connectivity index (χ1) is 9.49. The number of nitrogens with zero attached hydrogens (tertiary/aromatic N) is 1. The first kappa shape index (κ1) is 15.4. The number of rotatable bonds is 4. The van der Waals surface area contributed by atoms with Gasteiger partial charge in [0.05, 0.1) is 4.92 Å².